The van der Waals surface area contributed by atoms with Crippen molar-refractivity contribution in [1.29, 1.82) is 0 Å². The van der Waals surface area contributed by atoms with Crippen LogP contribution in [0.2, 0.25) is 0 Å². The van der Waals surface area contributed by atoms with E-state index in [4.69, 9.17) is 0 Å². The molecule has 0 saturated carbocycles. The van der Waals surface area contributed by atoms with Crippen molar-refractivity contribution in [3.63, 3.8) is 0 Å². The third-order valence-electron chi connectivity index (χ3n) is 5.61. The molecule has 0 spiro atoms. The monoisotopic (exact) mass is 447 g/mol. The maximum absolute atomic E-state index is 14.7. The Morgan fingerprint density at radius 3 is 2.64 bits per heavy atom. The van der Waals surface area contributed by atoms with E-state index < -0.39 is 18.1 Å². The number of nitrogens with one attached hydrogen (secondary N) is 3. The van der Waals surface area contributed by atoms with E-state index >= 15 is 0 Å². The molecule has 170 valence electrons. The quantitative estimate of drug-likeness (QED) is 0.446. The molecule has 4 rings (SSSR count). The number of hydrogen-bond acceptors (Lipinski definition) is 5. The average Bonchev–Trinajstić information content (AvgIpc) is 2.81. The van der Waals surface area contributed by atoms with Gasteiger partial charge in [0.15, 0.2) is 6.23 Å². The van der Waals surface area contributed by atoms with E-state index in [0.717, 1.165) is 11.3 Å². The molecular formula is C25H26FN5O2. The van der Waals surface area contributed by atoms with Crippen LogP contribution in [0, 0.1) is 12.7 Å². The first-order valence-corrected chi connectivity index (χ1v) is 10.7. The lowest BCUT2D eigenvalue weighted by Crippen LogP contribution is -2.38. The van der Waals surface area contributed by atoms with Gasteiger partial charge in [0.05, 0.1) is 11.4 Å². The largest absolute Gasteiger partial charge is 0.373 e. The van der Waals surface area contributed by atoms with Crippen molar-refractivity contribution in [3.8, 4) is 0 Å². The molecule has 33 heavy (non-hydrogen) atoms. The fraction of sp³-hybridized carbons (Fsp3) is 0.200. The molecule has 3 aromatic rings. The minimum absolute atomic E-state index is 0.0228. The SMILES string of the molecule is CCN1c2cc(NC)ncc2C=C(c2cc(NC(=O)Nc3ccccc3)c(F)cc2C)C1O. The smallest absolute Gasteiger partial charge is 0.323 e. The Balaban J connectivity index is 1.69. The number of aromatic nitrogens is 1. The van der Waals surface area contributed by atoms with Crippen molar-refractivity contribution >= 4 is 40.6 Å². The highest BCUT2D eigenvalue weighted by molar-refractivity contribution is 6.01. The maximum atomic E-state index is 14.7. The van der Waals surface area contributed by atoms with Gasteiger partial charge in [0.1, 0.15) is 11.6 Å². The highest BCUT2D eigenvalue weighted by Gasteiger charge is 2.29. The molecule has 2 aromatic carbocycles. The molecule has 7 nitrogen and oxygen atoms in total. The van der Waals surface area contributed by atoms with Crippen LogP contribution in [0.4, 0.5) is 32.1 Å². The molecular weight excluding hydrogens is 421 g/mol. The van der Waals surface area contributed by atoms with Gasteiger partial charge >= 0.3 is 6.03 Å². The number of urea groups is 1. The fourth-order valence-electron chi connectivity index (χ4n) is 3.94. The summed E-state index contributed by atoms with van der Waals surface area (Å²) in [5.41, 5.74) is 4.20. The van der Waals surface area contributed by atoms with Crippen molar-refractivity contribution < 1.29 is 14.3 Å². The Kier molecular flexibility index (Phi) is 6.28. The number of anilines is 4. The summed E-state index contributed by atoms with van der Waals surface area (Å²) in [4.78, 5) is 18.6. The van der Waals surface area contributed by atoms with Gasteiger partial charge < -0.3 is 26.0 Å². The first-order chi connectivity index (χ1) is 15.9. The molecule has 1 aliphatic heterocycles. The van der Waals surface area contributed by atoms with Gasteiger partial charge in [0, 0.05) is 42.7 Å². The lowest BCUT2D eigenvalue weighted by Gasteiger charge is -2.36. The fourth-order valence-corrected chi connectivity index (χ4v) is 3.94. The minimum Gasteiger partial charge on any atom is -0.373 e. The van der Waals surface area contributed by atoms with Gasteiger partial charge in [0.25, 0.3) is 0 Å². The lowest BCUT2D eigenvalue weighted by molar-refractivity contribution is 0.226. The summed E-state index contributed by atoms with van der Waals surface area (Å²) in [6.45, 7) is 4.28. The Hall–Kier alpha value is -3.91. The molecule has 8 heteroatoms. The molecule has 2 heterocycles. The van der Waals surface area contributed by atoms with Gasteiger partial charge in [-0.1, -0.05) is 18.2 Å². The Morgan fingerprint density at radius 2 is 1.94 bits per heavy atom. The zero-order valence-electron chi connectivity index (χ0n) is 18.7. The zero-order chi connectivity index (χ0) is 23.5. The minimum atomic E-state index is -0.940. The van der Waals surface area contributed by atoms with Crippen molar-refractivity contribution in [2.75, 3.05) is 34.4 Å². The number of halogens is 1. The summed E-state index contributed by atoms with van der Waals surface area (Å²) in [6, 6.07) is 13.1. The van der Waals surface area contributed by atoms with Crippen LogP contribution in [0.3, 0.4) is 0 Å². The number of fused-ring (bicyclic) bond motifs is 1. The van der Waals surface area contributed by atoms with Crippen molar-refractivity contribution in [2.24, 2.45) is 0 Å². The van der Waals surface area contributed by atoms with Gasteiger partial charge in [0.2, 0.25) is 0 Å². The van der Waals surface area contributed by atoms with Gasteiger partial charge in [-0.3, -0.25) is 0 Å². The predicted octanol–water partition coefficient (Wildman–Crippen LogP) is 4.91. The van der Waals surface area contributed by atoms with Crippen LogP contribution in [-0.2, 0) is 0 Å². The number of carbonyl (C=O) groups excluding carboxylic acids is 1. The van der Waals surface area contributed by atoms with Gasteiger partial charge in [-0.05, 0) is 55.3 Å². The van der Waals surface area contributed by atoms with Gasteiger partial charge in [-0.15, -0.1) is 0 Å². The molecule has 0 saturated heterocycles. The summed E-state index contributed by atoms with van der Waals surface area (Å²) in [7, 11) is 1.79. The van der Waals surface area contributed by atoms with E-state index in [9.17, 15) is 14.3 Å². The molecule has 0 aliphatic carbocycles. The number of carbonyl (C=O) groups is 1. The zero-order valence-corrected chi connectivity index (χ0v) is 18.7. The second-order valence-electron chi connectivity index (χ2n) is 7.73. The molecule has 2 amide bonds. The maximum Gasteiger partial charge on any atom is 0.323 e. The number of likely N-dealkylation sites (N-methyl/N-ethyl adjacent to an activating group) is 1. The number of pyridine rings is 1. The molecule has 4 N–H and O–H groups in total. The number of nitrogens with zero attached hydrogens (tertiary/aromatic N) is 2. The highest BCUT2D eigenvalue weighted by atomic mass is 19.1. The standard InChI is InChI=1S/C25H26FN5O2/c1-4-31-22-13-23(27-3)28-14-16(22)11-19(24(31)32)18-12-21(20(26)10-15(18)2)30-25(33)29-17-8-6-5-7-9-17/h5-14,24,32H,4H2,1-3H3,(H,27,28)(H2,29,30,33). The number of aryl methyl sites for hydroxylation is 1. The van der Waals surface area contributed by atoms with Gasteiger partial charge in [-0.2, -0.15) is 0 Å². The third kappa shape index (κ3) is 4.51. The van der Waals surface area contributed by atoms with Crippen LogP contribution in [0.5, 0.6) is 0 Å². The Bertz CT molecular complexity index is 1210. The first-order valence-electron chi connectivity index (χ1n) is 10.7. The number of hydrogen-bond donors (Lipinski definition) is 4. The predicted molar refractivity (Wildman–Crippen MR) is 131 cm³/mol. The molecule has 0 radical (unpaired) electrons. The molecule has 0 fully saturated rings. The molecule has 0 bridgehead atoms. The summed E-state index contributed by atoms with van der Waals surface area (Å²) in [6.07, 6.45) is 2.65. The highest BCUT2D eigenvalue weighted by Crippen LogP contribution is 2.38. The van der Waals surface area contributed by atoms with Crippen LogP contribution in [-0.4, -0.2) is 35.9 Å². The molecule has 1 atom stereocenters. The number of aliphatic hydroxyl groups excluding tert-OH is 1. The number of amides is 2. The van der Waals surface area contributed by atoms with Crippen molar-refractivity contribution in [2.45, 2.75) is 20.1 Å². The van der Waals surface area contributed by atoms with E-state index in [1.807, 2.05) is 30.0 Å². The Morgan fingerprint density at radius 1 is 1.18 bits per heavy atom. The van der Waals surface area contributed by atoms with E-state index in [0.29, 0.717) is 34.8 Å². The second kappa shape index (κ2) is 9.30. The normalized spacial score (nSPS) is 14.9. The Labute approximate surface area is 192 Å². The number of benzene rings is 2. The molecule has 1 aromatic heterocycles. The first kappa shape index (κ1) is 22.3. The topological polar surface area (TPSA) is 89.5 Å². The van der Waals surface area contributed by atoms with Crippen LogP contribution < -0.4 is 20.9 Å². The van der Waals surface area contributed by atoms with E-state index in [1.54, 1.807) is 50.5 Å². The van der Waals surface area contributed by atoms with E-state index in [-0.39, 0.29) is 5.69 Å². The third-order valence-corrected chi connectivity index (χ3v) is 5.61. The van der Waals surface area contributed by atoms with Crippen LogP contribution in [0.25, 0.3) is 11.6 Å². The lowest BCUT2D eigenvalue weighted by atomic mass is 9.92. The van der Waals surface area contributed by atoms with Crippen LogP contribution in [0.15, 0.2) is 54.7 Å². The summed E-state index contributed by atoms with van der Waals surface area (Å²) < 4.78 is 14.7. The molecule has 1 aliphatic rings. The average molecular weight is 448 g/mol. The van der Waals surface area contributed by atoms with Crippen molar-refractivity contribution in [3.05, 3.63) is 77.2 Å². The van der Waals surface area contributed by atoms with E-state index in [2.05, 4.69) is 20.9 Å². The van der Waals surface area contributed by atoms with Gasteiger partial charge in [-0.25, -0.2) is 14.2 Å². The summed E-state index contributed by atoms with van der Waals surface area (Å²) in [5, 5.41) is 19.4. The number of rotatable bonds is 5. The number of aliphatic hydroxyl groups is 1. The van der Waals surface area contributed by atoms with E-state index in [1.165, 1.54) is 6.07 Å². The van der Waals surface area contributed by atoms with Crippen molar-refractivity contribution in [1.82, 2.24) is 4.98 Å². The second-order valence-corrected chi connectivity index (χ2v) is 7.73. The van der Waals surface area contributed by atoms with Crippen LogP contribution in [0.1, 0.15) is 23.6 Å². The molecule has 1 unspecified atom stereocenters. The summed E-state index contributed by atoms with van der Waals surface area (Å²) >= 11 is 0. The number of para-hydroxylation sites is 1. The summed E-state index contributed by atoms with van der Waals surface area (Å²) in [5.74, 6) is 0.142. The van der Waals surface area contributed by atoms with Crippen LogP contribution >= 0.6 is 0 Å².